The summed E-state index contributed by atoms with van der Waals surface area (Å²) in [6.45, 7) is 0. The molecule has 0 spiro atoms. The molecule has 0 amide bonds. The molecule has 1 atom stereocenters. The van der Waals surface area contributed by atoms with E-state index in [-0.39, 0.29) is 16.4 Å². The number of alkyl halides is 3. The van der Waals surface area contributed by atoms with Crippen LogP contribution in [0.15, 0.2) is 18.2 Å². The number of hydrogen-bond donors (Lipinski definition) is 0. The Balaban J connectivity index is 2.52. The molecule has 1 nitrogen and oxygen atoms in total. The van der Waals surface area contributed by atoms with Crippen LogP contribution in [0.25, 0.3) is 0 Å². The van der Waals surface area contributed by atoms with Crippen LogP contribution in [0.4, 0.5) is 13.2 Å². The first-order chi connectivity index (χ1) is 7.41. The highest BCUT2D eigenvalue weighted by molar-refractivity contribution is 6.31. The van der Waals surface area contributed by atoms with Crippen LogP contribution in [0.5, 0.6) is 0 Å². The van der Waals surface area contributed by atoms with Crippen molar-refractivity contribution in [3.8, 4) is 0 Å². The Morgan fingerprint density at radius 3 is 2.44 bits per heavy atom. The molecule has 1 fully saturated rings. The number of ketones is 1. The zero-order chi connectivity index (χ0) is 11.9. The molecule has 1 aromatic rings. The third-order valence-corrected chi connectivity index (χ3v) is 3.09. The van der Waals surface area contributed by atoms with Gasteiger partial charge in [-0.1, -0.05) is 23.7 Å². The lowest BCUT2D eigenvalue weighted by molar-refractivity contribution is -0.139. The van der Waals surface area contributed by atoms with E-state index in [0.29, 0.717) is 12.8 Å². The van der Waals surface area contributed by atoms with Crippen molar-refractivity contribution >= 4 is 17.4 Å². The summed E-state index contributed by atoms with van der Waals surface area (Å²) in [5, 5.41) is -0.343. The zero-order valence-electron chi connectivity index (χ0n) is 8.14. The molecule has 0 N–H and O–H groups in total. The average molecular weight is 249 g/mol. The molecule has 1 aromatic carbocycles. The fourth-order valence-electron chi connectivity index (χ4n) is 1.87. The van der Waals surface area contributed by atoms with Crippen LogP contribution in [0.3, 0.4) is 0 Å². The monoisotopic (exact) mass is 248 g/mol. The van der Waals surface area contributed by atoms with E-state index in [2.05, 4.69) is 0 Å². The summed E-state index contributed by atoms with van der Waals surface area (Å²) in [6, 6.07) is 3.96. The van der Waals surface area contributed by atoms with Gasteiger partial charge in [0, 0.05) is 12.3 Å². The SMILES string of the molecule is O=C1CCC1c1cccc(Cl)c1C(F)(F)F. The molecule has 1 saturated carbocycles. The van der Waals surface area contributed by atoms with Crippen LogP contribution < -0.4 is 0 Å². The first-order valence-corrected chi connectivity index (χ1v) is 5.17. The molecule has 16 heavy (non-hydrogen) atoms. The lowest BCUT2D eigenvalue weighted by Crippen LogP contribution is -2.26. The Kier molecular flexibility index (Phi) is 2.70. The van der Waals surface area contributed by atoms with Gasteiger partial charge < -0.3 is 0 Å². The molecule has 2 rings (SSSR count). The number of hydrogen-bond acceptors (Lipinski definition) is 1. The topological polar surface area (TPSA) is 17.1 Å². The van der Waals surface area contributed by atoms with E-state index in [1.807, 2.05) is 0 Å². The molecule has 0 aliphatic heterocycles. The smallest absolute Gasteiger partial charge is 0.299 e. The lowest BCUT2D eigenvalue weighted by Gasteiger charge is -2.27. The second-order valence-corrected chi connectivity index (χ2v) is 4.17. The van der Waals surface area contributed by atoms with E-state index in [1.54, 1.807) is 0 Å². The number of rotatable bonds is 1. The second kappa shape index (κ2) is 3.77. The molecule has 0 radical (unpaired) electrons. The maximum Gasteiger partial charge on any atom is 0.418 e. The molecule has 5 heteroatoms. The van der Waals surface area contributed by atoms with E-state index in [1.165, 1.54) is 18.2 Å². The van der Waals surface area contributed by atoms with Gasteiger partial charge in [0.15, 0.2) is 0 Å². The van der Waals surface area contributed by atoms with Gasteiger partial charge in [0.05, 0.1) is 10.6 Å². The van der Waals surface area contributed by atoms with Crippen molar-refractivity contribution in [1.29, 1.82) is 0 Å². The van der Waals surface area contributed by atoms with Gasteiger partial charge in [0.25, 0.3) is 0 Å². The van der Waals surface area contributed by atoms with Gasteiger partial charge in [-0.25, -0.2) is 0 Å². The van der Waals surface area contributed by atoms with Crippen molar-refractivity contribution < 1.29 is 18.0 Å². The molecule has 0 heterocycles. The van der Waals surface area contributed by atoms with Crippen LogP contribution in [-0.4, -0.2) is 5.78 Å². The summed E-state index contributed by atoms with van der Waals surface area (Å²) in [5.74, 6) is -0.775. The molecule has 1 aliphatic rings. The maximum atomic E-state index is 12.8. The highest BCUT2D eigenvalue weighted by Crippen LogP contribution is 2.43. The fraction of sp³-hybridized carbons (Fsp3) is 0.364. The normalized spacial score (nSPS) is 20.8. The average Bonchev–Trinajstić information content (AvgIpc) is 2.13. The van der Waals surface area contributed by atoms with E-state index in [0.717, 1.165) is 0 Å². The Morgan fingerprint density at radius 2 is 2.00 bits per heavy atom. The van der Waals surface area contributed by atoms with Gasteiger partial charge in [-0.3, -0.25) is 4.79 Å². The quantitative estimate of drug-likeness (QED) is 0.739. The van der Waals surface area contributed by atoms with Crippen LogP contribution >= 0.6 is 11.6 Å². The second-order valence-electron chi connectivity index (χ2n) is 3.76. The Labute approximate surface area is 95.2 Å². The van der Waals surface area contributed by atoms with Gasteiger partial charge in [-0.05, 0) is 18.1 Å². The summed E-state index contributed by atoms with van der Waals surface area (Å²) in [4.78, 5) is 11.2. The summed E-state index contributed by atoms with van der Waals surface area (Å²) in [5.41, 5.74) is -0.856. The first-order valence-electron chi connectivity index (χ1n) is 4.79. The van der Waals surface area contributed by atoms with Crippen molar-refractivity contribution in [3.63, 3.8) is 0 Å². The molecular weight excluding hydrogens is 241 g/mol. The van der Waals surface area contributed by atoms with Crippen molar-refractivity contribution in [2.45, 2.75) is 24.9 Å². The standard InChI is InChI=1S/C11H8ClF3O/c12-8-3-1-2-7(6-4-5-9(6)16)10(8)11(13,14)15/h1-3,6H,4-5H2. The van der Waals surface area contributed by atoms with E-state index in [4.69, 9.17) is 11.6 Å². The molecular formula is C11H8ClF3O. The minimum atomic E-state index is -4.51. The predicted molar refractivity (Wildman–Crippen MR) is 53.4 cm³/mol. The molecule has 0 saturated heterocycles. The number of Topliss-reactive ketones (excluding diaryl/α,β-unsaturated/α-hetero) is 1. The van der Waals surface area contributed by atoms with E-state index in [9.17, 15) is 18.0 Å². The van der Waals surface area contributed by atoms with Crippen molar-refractivity contribution in [2.24, 2.45) is 0 Å². The molecule has 1 aliphatic carbocycles. The van der Waals surface area contributed by atoms with Crippen LogP contribution in [0.1, 0.15) is 29.9 Å². The molecule has 86 valence electrons. The number of carbonyl (C=O) groups excluding carboxylic acids is 1. The van der Waals surface area contributed by atoms with Crippen molar-refractivity contribution in [3.05, 3.63) is 34.3 Å². The van der Waals surface area contributed by atoms with Gasteiger partial charge >= 0.3 is 6.18 Å². The van der Waals surface area contributed by atoms with Crippen molar-refractivity contribution in [1.82, 2.24) is 0 Å². The summed E-state index contributed by atoms with van der Waals surface area (Å²) < 4.78 is 38.3. The number of carbonyl (C=O) groups is 1. The van der Waals surface area contributed by atoms with Gasteiger partial charge in [-0.2, -0.15) is 13.2 Å². The summed E-state index contributed by atoms with van der Waals surface area (Å²) in [6.07, 6.45) is -3.68. The Morgan fingerprint density at radius 1 is 1.31 bits per heavy atom. The van der Waals surface area contributed by atoms with E-state index < -0.39 is 17.7 Å². The van der Waals surface area contributed by atoms with Crippen LogP contribution in [0, 0.1) is 0 Å². The third-order valence-electron chi connectivity index (χ3n) is 2.77. The maximum absolute atomic E-state index is 12.8. The largest absolute Gasteiger partial charge is 0.418 e. The summed E-state index contributed by atoms with van der Waals surface area (Å²) >= 11 is 5.56. The zero-order valence-corrected chi connectivity index (χ0v) is 8.90. The minimum absolute atomic E-state index is 0.0104. The van der Waals surface area contributed by atoms with Crippen molar-refractivity contribution in [2.75, 3.05) is 0 Å². The third kappa shape index (κ3) is 1.82. The van der Waals surface area contributed by atoms with Crippen LogP contribution in [0.2, 0.25) is 5.02 Å². The van der Waals surface area contributed by atoms with Gasteiger partial charge in [-0.15, -0.1) is 0 Å². The number of benzene rings is 1. The Bertz CT molecular complexity index is 439. The fourth-order valence-corrected chi connectivity index (χ4v) is 2.15. The van der Waals surface area contributed by atoms with Gasteiger partial charge in [0.1, 0.15) is 5.78 Å². The number of halogens is 4. The lowest BCUT2D eigenvalue weighted by atomic mass is 9.77. The van der Waals surface area contributed by atoms with E-state index >= 15 is 0 Å². The summed E-state index contributed by atoms with van der Waals surface area (Å²) in [7, 11) is 0. The molecule has 0 aromatic heterocycles. The van der Waals surface area contributed by atoms with Gasteiger partial charge in [0.2, 0.25) is 0 Å². The first kappa shape index (κ1) is 11.5. The minimum Gasteiger partial charge on any atom is -0.299 e. The highest BCUT2D eigenvalue weighted by atomic mass is 35.5. The highest BCUT2D eigenvalue weighted by Gasteiger charge is 2.41. The Hall–Kier alpha value is -1.03. The van der Waals surface area contributed by atoms with Crippen LogP contribution in [-0.2, 0) is 11.0 Å². The molecule has 0 bridgehead atoms. The predicted octanol–water partition coefficient (Wildman–Crippen LogP) is 3.81. The molecule has 1 unspecified atom stereocenters.